The summed E-state index contributed by atoms with van der Waals surface area (Å²) in [6.45, 7) is 3.49. The van der Waals surface area contributed by atoms with Crippen LogP contribution in [0.25, 0.3) is 0 Å². The molecule has 0 fully saturated rings. The molecule has 3 nitrogen and oxygen atoms in total. The molecule has 0 radical (unpaired) electrons. The van der Waals surface area contributed by atoms with Crippen molar-refractivity contribution < 1.29 is 8.42 Å². The van der Waals surface area contributed by atoms with Gasteiger partial charge < -0.3 is 5.73 Å². The van der Waals surface area contributed by atoms with Crippen LogP contribution in [-0.2, 0) is 9.84 Å². The van der Waals surface area contributed by atoms with Gasteiger partial charge in [0.25, 0.3) is 0 Å². The number of benzene rings is 1. The summed E-state index contributed by atoms with van der Waals surface area (Å²) in [5.74, 6) is 0. The molecule has 0 aliphatic heterocycles. The van der Waals surface area contributed by atoms with Crippen molar-refractivity contribution in [3.05, 3.63) is 35.9 Å². The number of hydrogen-bond donors (Lipinski definition) is 1. The van der Waals surface area contributed by atoms with Crippen molar-refractivity contribution in [3.8, 4) is 0 Å². The Morgan fingerprint density at radius 3 is 2.13 bits per heavy atom. The highest BCUT2D eigenvalue weighted by Crippen LogP contribution is 2.24. The summed E-state index contributed by atoms with van der Waals surface area (Å²) in [6, 6.07) is 9.12. The normalized spacial score (nSPS) is 14.1. The number of sulfone groups is 1. The van der Waals surface area contributed by atoms with Crippen molar-refractivity contribution >= 4 is 9.84 Å². The molecule has 0 aliphatic rings. The second kappa shape index (κ2) is 4.77. The summed E-state index contributed by atoms with van der Waals surface area (Å²) in [6.07, 6.45) is 0. The highest BCUT2D eigenvalue weighted by atomic mass is 32.2. The lowest BCUT2D eigenvalue weighted by molar-refractivity contribution is 0.573. The van der Waals surface area contributed by atoms with Crippen LogP contribution in [0.3, 0.4) is 0 Å². The average molecular weight is 227 g/mol. The molecule has 0 spiro atoms. The van der Waals surface area contributed by atoms with Gasteiger partial charge in [0, 0.05) is 6.54 Å². The minimum absolute atomic E-state index is 0.129. The van der Waals surface area contributed by atoms with Crippen LogP contribution >= 0.6 is 0 Å². The Balaban J connectivity index is 3.11. The minimum Gasteiger partial charge on any atom is -0.329 e. The van der Waals surface area contributed by atoms with Crippen molar-refractivity contribution in [2.24, 2.45) is 5.73 Å². The molecule has 0 amide bonds. The van der Waals surface area contributed by atoms with E-state index in [1.165, 1.54) is 0 Å². The molecular formula is C11H17NO2S. The molecule has 0 saturated carbocycles. The first-order valence-corrected chi connectivity index (χ1v) is 6.58. The molecule has 2 N–H and O–H groups in total. The molecule has 0 aromatic heterocycles. The van der Waals surface area contributed by atoms with E-state index < -0.39 is 20.3 Å². The minimum atomic E-state index is -3.17. The van der Waals surface area contributed by atoms with Crippen LogP contribution in [0.1, 0.15) is 24.7 Å². The topological polar surface area (TPSA) is 60.2 Å². The molecule has 0 bridgehead atoms. The summed E-state index contributed by atoms with van der Waals surface area (Å²) < 4.78 is 24.0. The first kappa shape index (κ1) is 12.2. The Hall–Kier alpha value is -0.870. The average Bonchev–Trinajstić information content (AvgIpc) is 2.19. The first-order valence-electron chi connectivity index (χ1n) is 4.98. The van der Waals surface area contributed by atoms with Gasteiger partial charge in [-0.2, -0.15) is 0 Å². The fourth-order valence-electron chi connectivity index (χ4n) is 1.46. The van der Waals surface area contributed by atoms with Crippen LogP contribution in [0.15, 0.2) is 30.3 Å². The maximum absolute atomic E-state index is 12.0. The summed E-state index contributed by atoms with van der Waals surface area (Å²) >= 11 is 0. The van der Waals surface area contributed by atoms with Gasteiger partial charge >= 0.3 is 0 Å². The lowest BCUT2D eigenvalue weighted by Gasteiger charge is -2.18. The summed E-state index contributed by atoms with van der Waals surface area (Å²) in [5.41, 5.74) is 6.32. The molecule has 0 heterocycles. The van der Waals surface area contributed by atoms with Gasteiger partial charge in [0.05, 0.1) is 10.5 Å². The van der Waals surface area contributed by atoms with Crippen molar-refractivity contribution in [1.29, 1.82) is 0 Å². The second-order valence-corrected chi connectivity index (χ2v) is 6.46. The molecule has 1 atom stereocenters. The van der Waals surface area contributed by atoms with E-state index in [-0.39, 0.29) is 6.54 Å². The summed E-state index contributed by atoms with van der Waals surface area (Å²) in [5, 5.41) is -0.982. The number of hydrogen-bond acceptors (Lipinski definition) is 3. The van der Waals surface area contributed by atoms with Gasteiger partial charge in [-0.25, -0.2) is 8.42 Å². The van der Waals surface area contributed by atoms with Gasteiger partial charge in [-0.1, -0.05) is 30.3 Å². The maximum Gasteiger partial charge on any atom is 0.160 e. The van der Waals surface area contributed by atoms with Gasteiger partial charge in [-0.05, 0) is 19.4 Å². The fraction of sp³-hybridized carbons (Fsp3) is 0.455. The standard InChI is InChI=1S/C11H17NO2S/c1-9(2)15(13,14)11(8-12)10-6-4-3-5-7-10/h3-7,9,11H,8,12H2,1-2H3. The molecule has 84 valence electrons. The van der Waals surface area contributed by atoms with E-state index in [4.69, 9.17) is 5.73 Å². The lowest BCUT2D eigenvalue weighted by Crippen LogP contribution is -2.27. The van der Waals surface area contributed by atoms with Crippen LogP contribution in [-0.4, -0.2) is 20.2 Å². The second-order valence-electron chi connectivity index (χ2n) is 3.77. The highest BCUT2D eigenvalue weighted by Gasteiger charge is 2.28. The Kier molecular flexibility index (Phi) is 3.88. The third-order valence-electron chi connectivity index (χ3n) is 2.44. The highest BCUT2D eigenvalue weighted by molar-refractivity contribution is 7.92. The Morgan fingerprint density at radius 1 is 1.20 bits per heavy atom. The van der Waals surface area contributed by atoms with E-state index in [9.17, 15) is 8.42 Å². The largest absolute Gasteiger partial charge is 0.329 e. The van der Waals surface area contributed by atoms with Crippen LogP contribution < -0.4 is 5.73 Å². The van der Waals surface area contributed by atoms with Gasteiger partial charge in [0.1, 0.15) is 0 Å². The molecule has 4 heteroatoms. The van der Waals surface area contributed by atoms with Gasteiger partial charge in [-0.3, -0.25) is 0 Å². The van der Waals surface area contributed by atoms with E-state index in [1.54, 1.807) is 26.0 Å². The van der Waals surface area contributed by atoms with Crippen LogP contribution in [0.5, 0.6) is 0 Å². The zero-order chi connectivity index (χ0) is 11.5. The van der Waals surface area contributed by atoms with Crippen molar-refractivity contribution in [2.45, 2.75) is 24.3 Å². The van der Waals surface area contributed by atoms with Crippen LogP contribution in [0.2, 0.25) is 0 Å². The van der Waals surface area contributed by atoms with E-state index in [2.05, 4.69) is 0 Å². The SMILES string of the molecule is CC(C)S(=O)(=O)C(CN)c1ccccc1. The Bertz CT molecular complexity index is 398. The Labute approximate surface area is 91.2 Å². The summed E-state index contributed by atoms with van der Waals surface area (Å²) in [7, 11) is -3.17. The van der Waals surface area contributed by atoms with Crippen molar-refractivity contribution in [2.75, 3.05) is 6.54 Å². The van der Waals surface area contributed by atoms with E-state index in [1.807, 2.05) is 18.2 Å². The summed E-state index contributed by atoms with van der Waals surface area (Å²) in [4.78, 5) is 0. The zero-order valence-electron chi connectivity index (χ0n) is 9.05. The van der Waals surface area contributed by atoms with E-state index in [0.717, 1.165) is 5.56 Å². The predicted molar refractivity (Wildman–Crippen MR) is 62.3 cm³/mol. The van der Waals surface area contributed by atoms with Crippen LogP contribution in [0, 0.1) is 0 Å². The molecule has 15 heavy (non-hydrogen) atoms. The smallest absolute Gasteiger partial charge is 0.160 e. The first-order chi connectivity index (χ1) is 7.00. The molecule has 1 aromatic rings. The fourth-order valence-corrected chi connectivity index (χ4v) is 2.92. The predicted octanol–water partition coefficient (Wildman–Crippen LogP) is 1.51. The quantitative estimate of drug-likeness (QED) is 0.848. The molecular weight excluding hydrogens is 210 g/mol. The lowest BCUT2D eigenvalue weighted by atomic mass is 10.1. The third kappa shape index (κ3) is 2.58. The molecule has 1 rings (SSSR count). The van der Waals surface area contributed by atoms with Gasteiger partial charge in [0.2, 0.25) is 0 Å². The molecule has 0 saturated heterocycles. The van der Waals surface area contributed by atoms with E-state index in [0.29, 0.717) is 0 Å². The van der Waals surface area contributed by atoms with Gasteiger partial charge in [-0.15, -0.1) is 0 Å². The number of rotatable bonds is 4. The zero-order valence-corrected chi connectivity index (χ0v) is 9.87. The van der Waals surface area contributed by atoms with Crippen molar-refractivity contribution in [1.82, 2.24) is 0 Å². The van der Waals surface area contributed by atoms with Crippen molar-refractivity contribution in [3.63, 3.8) is 0 Å². The molecule has 0 aliphatic carbocycles. The molecule has 1 unspecified atom stereocenters. The maximum atomic E-state index is 12.0. The Morgan fingerprint density at radius 2 is 1.73 bits per heavy atom. The number of nitrogens with two attached hydrogens (primary N) is 1. The van der Waals surface area contributed by atoms with E-state index >= 15 is 0 Å². The van der Waals surface area contributed by atoms with Crippen LogP contribution in [0.4, 0.5) is 0 Å². The monoisotopic (exact) mass is 227 g/mol. The molecule has 1 aromatic carbocycles. The third-order valence-corrected chi connectivity index (χ3v) is 5.01. The van der Waals surface area contributed by atoms with Gasteiger partial charge in [0.15, 0.2) is 9.84 Å².